The third-order valence-electron chi connectivity index (χ3n) is 8.41. The van der Waals surface area contributed by atoms with Gasteiger partial charge in [-0.05, 0) is 53.8 Å². The van der Waals surface area contributed by atoms with Gasteiger partial charge in [0.2, 0.25) is 5.91 Å². The summed E-state index contributed by atoms with van der Waals surface area (Å²) in [6, 6.07) is 27.5. The number of hydrogen-bond acceptors (Lipinski definition) is 5. The molecule has 1 N–H and O–H groups in total. The quantitative estimate of drug-likeness (QED) is 0.200. The van der Waals surface area contributed by atoms with E-state index < -0.39 is 6.09 Å². The van der Waals surface area contributed by atoms with Gasteiger partial charge in [-0.1, -0.05) is 85.6 Å². The van der Waals surface area contributed by atoms with Crippen LogP contribution in [0.4, 0.5) is 10.6 Å². The molecule has 1 saturated carbocycles. The zero-order valence-corrected chi connectivity index (χ0v) is 24.8. The molecule has 2 aromatic heterocycles. The molecular weight excluding hydrogens is 552 g/mol. The largest absolute Gasteiger partial charge is 0.465 e. The van der Waals surface area contributed by atoms with Crippen molar-refractivity contribution >= 4 is 28.6 Å². The van der Waals surface area contributed by atoms with Gasteiger partial charge in [-0.25, -0.2) is 19.4 Å². The van der Waals surface area contributed by atoms with Gasteiger partial charge in [-0.2, -0.15) is 5.10 Å². The molecular formula is C35H36N6O3. The van der Waals surface area contributed by atoms with Crippen LogP contribution in [0.15, 0.2) is 91.1 Å². The van der Waals surface area contributed by atoms with Crippen LogP contribution in [0.5, 0.6) is 0 Å². The molecule has 224 valence electrons. The van der Waals surface area contributed by atoms with Crippen LogP contribution in [-0.2, 0) is 24.3 Å². The molecule has 0 spiro atoms. The summed E-state index contributed by atoms with van der Waals surface area (Å²) >= 11 is 0. The van der Waals surface area contributed by atoms with Crippen molar-refractivity contribution in [2.24, 2.45) is 0 Å². The predicted octanol–water partition coefficient (Wildman–Crippen LogP) is 6.50. The van der Waals surface area contributed by atoms with Crippen molar-refractivity contribution in [3.05, 3.63) is 108 Å². The fraction of sp³-hybridized carbons (Fsp3) is 0.286. The smallest absolute Gasteiger partial charge is 0.413 e. The minimum absolute atomic E-state index is 0.136. The number of aromatic nitrogens is 4. The van der Waals surface area contributed by atoms with E-state index in [1.807, 2.05) is 60.1 Å². The summed E-state index contributed by atoms with van der Waals surface area (Å²) in [5.74, 6) is 1.66. The minimum atomic E-state index is -1.09. The third kappa shape index (κ3) is 6.46. The van der Waals surface area contributed by atoms with E-state index in [0.717, 1.165) is 53.4 Å². The van der Waals surface area contributed by atoms with Gasteiger partial charge in [0, 0.05) is 24.3 Å². The fourth-order valence-electron chi connectivity index (χ4n) is 6.11. The average molecular weight is 589 g/mol. The lowest BCUT2D eigenvalue weighted by Gasteiger charge is -2.29. The van der Waals surface area contributed by atoms with Crippen LogP contribution in [0.2, 0.25) is 0 Å². The first-order chi connectivity index (χ1) is 21.5. The summed E-state index contributed by atoms with van der Waals surface area (Å²) in [7, 11) is 0. The van der Waals surface area contributed by atoms with Gasteiger partial charge < -0.3 is 10.0 Å². The standard InChI is InChI=1S/C35H36N6O3/c1-25-37-34(29-18-19-36-32(22-29)40(35(43)44)24-26-10-3-2-4-11-26)38-41(25)21-20-39(30-15-6-7-16-30)33(42)23-28-14-9-13-27-12-5-8-17-31(27)28/h2-5,8-14,17-19,22,30H,6-7,15-16,20-21,23-24H2,1H3,(H,43,44). The van der Waals surface area contributed by atoms with Crippen LogP contribution in [0, 0.1) is 6.92 Å². The molecule has 0 bridgehead atoms. The number of fused-ring (bicyclic) bond motifs is 1. The van der Waals surface area contributed by atoms with Gasteiger partial charge in [0.05, 0.1) is 19.5 Å². The van der Waals surface area contributed by atoms with Crippen molar-refractivity contribution < 1.29 is 14.7 Å². The Morgan fingerprint density at radius 2 is 1.70 bits per heavy atom. The van der Waals surface area contributed by atoms with Crippen LogP contribution in [0.3, 0.4) is 0 Å². The Labute approximate surface area is 256 Å². The summed E-state index contributed by atoms with van der Waals surface area (Å²) in [4.78, 5) is 38.2. The molecule has 1 aliphatic rings. The van der Waals surface area contributed by atoms with Crippen LogP contribution in [0.25, 0.3) is 22.2 Å². The first-order valence-electron chi connectivity index (χ1n) is 15.1. The molecule has 2 heterocycles. The number of hydrogen-bond donors (Lipinski definition) is 1. The average Bonchev–Trinajstić information content (AvgIpc) is 3.71. The summed E-state index contributed by atoms with van der Waals surface area (Å²) < 4.78 is 1.83. The molecule has 0 unspecified atom stereocenters. The van der Waals surface area contributed by atoms with Gasteiger partial charge >= 0.3 is 6.09 Å². The number of carboxylic acid groups (broad SMARTS) is 1. The number of benzene rings is 3. The highest BCUT2D eigenvalue weighted by Gasteiger charge is 2.27. The van der Waals surface area contributed by atoms with E-state index in [0.29, 0.717) is 36.7 Å². The number of carbonyl (C=O) groups excluding carboxylic acids is 1. The third-order valence-corrected chi connectivity index (χ3v) is 8.41. The lowest BCUT2D eigenvalue weighted by molar-refractivity contribution is -0.132. The maximum Gasteiger partial charge on any atom is 0.413 e. The zero-order valence-electron chi connectivity index (χ0n) is 24.8. The molecule has 3 aromatic carbocycles. The highest BCUT2D eigenvalue weighted by Crippen LogP contribution is 2.27. The number of anilines is 1. The highest BCUT2D eigenvalue weighted by molar-refractivity contribution is 5.90. The summed E-state index contributed by atoms with van der Waals surface area (Å²) in [5.41, 5.74) is 2.59. The maximum absolute atomic E-state index is 13.8. The van der Waals surface area contributed by atoms with Crippen molar-refractivity contribution in [1.82, 2.24) is 24.6 Å². The molecule has 9 heteroatoms. The SMILES string of the molecule is Cc1nc(-c2ccnc(N(Cc3ccccc3)C(=O)O)c2)nn1CCN(C(=O)Cc1cccc2ccccc12)C1CCCC1. The monoisotopic (exact) mass is 588 g/mol. The van der Waals surface area contributed by atoms with Crippen LogP contribution >= 0.6 is 0 Å². The molecule has 44 heavy (non-hydrogen) atoms. The molecule has 0 saturated heterocycles. The second-order valence-corrected chi connectivity index (χ2v) is 11.3. The number of amides is 2. The number of carbonyl (C=O) groups is 2. The molecule has 2 amide bonds. The number of nitrogens with zero attached hydrogens (tertiary/aromatic N) is 6. The van der Waals surface area contributed by atoms with Gasteiger partial charge in [0.1, 0.15) is 11.6 Å². The van der Waals surface area contributed by atoms with Crippen LogP contribution < -0.4 is 4.90 Å². The van der Waals surface area contributed by atoms with Crippen molar-refractivity contribution in [3.8, 4) is 11.4 Å². The van der Waals surface area contributed by atoms with Crippen LogP contribution in [-0.4, -0.2) is 54.3 Å². The van der Waals surface area contributed by atoms with Crippen molar-refractivity contribution in [2.45, 2.75) is 58.2 Å². The first-order valence-corrected chi connectivity index (χ1v) is 15.1. The molecule has 6 rings (SSSR count). The highest BCUT2D eigenvalue weighted by atomic mass is 16.4. The minimum Gasteiger partial charge on any atom is -0.465 e. The second-order valence-electron chi connectivity index (χ2n) is 11.3. The molecule has 0 aliphatic heterocycles. The van der Waals surface area contributed by atoms with E-state index in [4.69, 9.17) is 5.10 Å². The molecule has 9 nitrogen and oxygen atoms in total. The van der Waals surface area contributed by atoms with E-state index in [-0.39, 0.29) is 18.5 Å². The van der Waals surface area contributed by atoms with Crippen molar-refractivity contribution in [1.29, 1.82) is 0 Å². The molecule has 0 radical (unpaired) electrons. The Hall–Kier alpha value is -5.05. The van der Waals surface area contributed by atoms with E-state index in [9.17, 15) is 14.7 Å². The topological polar surface area (TPSA) is 104 Å². The number of pyridine rings is 1. The summed E-state index contributed by atoms with van der Waals surface area (Å²) in [5, 5.41) is 16.9. The maximum atomic E-state index is 13.8. The number of rotatable bonds is 10. The Kier molecular flexibility index (Phi) is 8.63. The molecule has 0 atom stereocenters. The van der Waals surface area contributed by atoms with E-state index in [1.165, 1.54) is 4.90 Å². The fourth-order valence-corrected chi connectivity index (χ4v) is 6.11. The van der Waals surface area contributed by atoms with E-state index in [2.05, 4.69) is 39.1 Å². The van der Waals surface area contributed by atoms with Gasteiger partial charge in [0.25, 0.3) is 0 Å². The Morgan fingerprint density at radius 3 is 2.50 bits per heavy atom. The van der Waals surface area contributed by atoms with Gasteiger partial charge in [0.15, 0.2) is 5.82 Å². The number of aryl methyl sites for hydroxylation is 1. The zero-order chi connectivity index (χ0) is 30.5. The Morgan fingerprint density at radius 1 is 0.955 bits per heavy atom. The Balaban J connectivity index is 1.19. The lowest BCUT2D eigenvalue weighted by Crippen LogP contribution is -2.42. The van der Waals surface area contributed by atoms with Crippen LogP contribution in [0.1, 0.15) is 42.6 Å². The Bertz CT molecular complexity index is 1760. The normalized spacial score (nSPS) is 13.3. The van der Waals surface area contributed by atoms with Crippen molar-refractivity contribution in [3.63, 3.8) is 0 Å². The molecule has 1 aliphatic carbocycles. The van der Waals surface area contributed by atoms with Gasteiger partial charge in [-0.15, -0.1) is 0 Å². The first kappa shape index (κ1) is 29.0. The van der Waals surface area contributed by atoms with E-state index in [1.54, 1.807) is 18.3 Å². The van der Waals surface area contributed by atoms with Gasteiger partial charge in [-0.3, -0.25) is 9.69 Å². The van der Waals surface area contributed by atoms with Crippen molar-refractivity contribution in [2.75, 3.05) is 11.4 Å². The lowest BCUT2D eigenvalue weighted by atomic mass is 10.0. The second kappa shape index (κ2) is 13.1. The molecule has 1 fully saturated rings. The van der Waals surface area contributed by atoms with E-state index >= 15 is 0 Å². The predicted molar refractivity (Wildman–Crippen MR) is 170 cm³/mol. The molecule has 5 aromatic rings. The summed E-state index contributed by atoms with van der Waals surface area (Å²) in [6.45, 7) is 3.14. The summed E-state index contributed by atoms with van der Waals surface area (Å²) in [6.07, 6.45) is 5.16.